The van der Waals surface area contributed by atoms with Gasteiger partial charge in [-0.1, -0.05) is 23.5 Å². The highest BCUT2D eigenvalue weighted by atomic mass is 32.1. The van der Waals surface area contributed by atoms with Crippen molar-refractivity contribution in [2.45, 2.75) is 51.7 Å². The van der Waals surface area contributed by atoms with Gasteiger partial charge in [-0.3, -0.25) is 4.79 Å². The van der Waals surface area contributed by atoms with Crippen LogP contribution in [-0.2, 0) is 13.0 Å². The molecular formula is C22H28N4O2S. The maximum Gasteiger partial charge on any atom is 0.257 e. The predicted molar refractivity (Wildman–Crippen MR) is 115 cm³/mol. The number of carbonyl (C=O) groups is 1. The molecule has 29 heavy (non-hydrogen) atoms. The number of amides is 1. The molecule has 154 valence electrons. The van der Waals surface area contributed by atoms with Crippen LogP contribution in [-0.4, -0.2) is 54.1 Å². The molecule has 1 aromatic carbocycles. The second-order valence-electron chi connectivity index (χ2n) is 8.18. The van der Waals surface area contributed by atoms with Gasteiger partial charge in [0.05, 0.1) is 24.4 Å². The number of ether oxygens (including phenoxy) is 1. The molecule has 3 aliphatic heterocycles. The Hall–Kier alpha value is -2.12. The van der Waals surface area contributed by atoms with Gasteiger partial charge in [-0.15, -0.1) is 0 Å². The van der Waals surface area contributed by atoms with Gasteiger partial charge in [0.25, 0.3) is 5.91 Å². The summed E-state index contributed by atoms with van der Waals surface area (Å²) in [6.45, 7) is 7.97. The molecule has 2 bridgehead atoms. The Morgan fingerprint density at radius 1 is 1.31 bits per heavy atom. The van der Waals surface area contributed by atoms with Gasteiger partial charge in [0.15, 0.2) is 5.13 Å². The van der Waals surface area contributed by atoms with Crippen LogP contribution in [0.1, 0.15) is 46.3 Å². The summed E-state index contributed by atoms with van der Waals surface area (Å²) in [5.74, 6) is 0.771. The molecule has 2 unspecified atom stereocenters. The number of carbonyl (C=O) groups excluding carboxylic acids is 1. The first-order chi connectivity index (χ1) is 14.2. The minimum absolute atomic E-state index is 0.0555. The molecule has 6 nitrogen and oxygen atoms in total. The molecule has 1 amide bonds. The van der Waals surface area contributed by atoms with E-state index < -0.39 is 0 Å². The van der Waals surface area contributed by atoms with Crippen LogP contribution >= 0.6 is 11.3 Å². The maximum absolute atomic E-state index is 13.3. The normalized spacial score (nSPS) is 23.2. The number of aromatic nitrogens is 1. The summed E-state index contributed by atoms with van der Waals surface area (Å²) in [6.07, 6.45) is 3.33. The van der Waals surface area contributed by atoms with Crippen LogP contribution in [0.2, 0.25) is 0 Å². The molecule has 2 fully saturated rings. The number of anilines is 1. The Morgan fingerprint density at radius 3 is 2.86 bits per heavy atom. The second kappa shape index (κ2) is 7.61. The minimum atomic E-state index is 0.0555. The fraction of sp³-hybridized carbons (Fsp3) is 0.545. The summed E-state index contributed by atoms with van der Waals surface area (Å²) in [6, 6.07) is 6.95. The highest BCUT2D eigenvalue weighted by molar-refractivity contribution is 7.15. The zero-order valence-electron chi connectivity index (χ0n) is 17.1. The van der Waals surface area contributed by atoms with Crippen molar-refractivity contribution in [3.8, 4) is 5.75 Å². The quantitative estimate of drug-likeness (QED) is 0.837. The second-order valence-corrected chi connectivity index (χ2v) is 9.24. The van der Waals surface area contributed by atoms with E-state index in [0.29, 0.717) is 43.1 Å². The lowest BCUT2D eigenvalue weighted by Crippen LogP contribution is -2.51. The third-order valence-electron chi connectivity index (χ3n) is 6.34. The average Bonchev–Trinajstić information content (AvgIpc) is 3.25. The Bertz CT molecular complexity index is 912. The molecule has 0 saturated carbocycles. The number of fused-ring (bicyclic) bond motifs is 3. The Balaban J connectivity index is 1.37. The van der Waals surface area contributed by atoms with Gasteiger partial charge < -0.3 is 19.9 Å². The molecule has 2 saturated heterocycles. The zero-order valence-corrected chi connectivity index (χ0v) is 17.9. The predicted octanol–water partition coefficient (Wildman–Crippen LogP) is 2.99. The van der Waals surface area contributed by atoms with Crippen molar-refractivity contribution in [1.82, 2.24) is 15.2 Å². The molecule has 2 atom stereocenters. The van der Waals surface area contributed by atoms with Gasteiger partial charge in [0.2, 0.25) is 0 Å². The first-order valence-corrected chi connectivity index (χ1v) is 11.5. The van der Waals surface area contributed by atoms with Crippen molar-refractivity contribution in [2.75, 3.05) is 31.1 Å². The molecule has 7 heteroatoms. The molecular weight excluding hydrogens is 384 g/mol. The van der Waals surface area contributed by atoms with E-state index in [0.717, 1.165) is 30.2 Å². The minimum Gasteiger partial charge on any atom is -0.493 e. The number of benzene rings is 1. The van der Waals surface area contributed by atoms with Crippen molar-refractivity contribution >= 4 is 22.4 Å². The number of hydrogen-bond donors (Lipinski definition) is 1. The molecule has 0 spiro atoms. The summed E-state index contributed by atoms with van der Waals surface area (Å²) < 4.78 is 5.79. The number of nitrogens with one attached hydrogen (secondary N) is 1. The molecule has 2 aromatic rings. The van der Waals surface area contributed by atoms with Gasteiger partial charge in [-0.2, -0.15) is 0 Å². The topological polar surface area (TPSA) is 57.7 Å². The van der Waals surface area contributed by atoms with E-state index in [1.807, 2.05) is 36.9 Å². The number of nitrogens with zero attached hydrogens (tertiary/aromatic N) is 3. The average molecular weight is 413 g/mol. The smallest absolute Gasteiger partial charge is 0.257 e. The number of thiazole rings is 1. The summed E-state index contributed by atoms with van der Waals surface area (Å²) in [5, 5.41) is 4.70. The third kappa shape index (κ3) is 3.30. The third-order valence-corrected chi connectivity index (χ3v) is 7.43. The molecule has 4 heterocycles. The van der Waals surface area contributed by atoms with Crippen LogP contribution in [0.4, 0.5) is 5.13 Å². The Labute approximate surface area is 175 Å². The van der Waals surface area contributed by atoms with Crippen LogP contribution < -0.4 is 15.0 Å². The molecule has 0 aliphatic carbocycles. The van der Waals surface area contributed by atoms with Gasteiger partial charge in [0.1, 0.15) is 5.75 Å². The summed E-state index contributed by atoms with van der Waals surface area (Å²) >= 11 is 1.79. The van der Waals surface area contributed by atoms with Crippen molar-refractivity contribution in [1.29, 1.82) is 0 Å². The summed E-state index contributed by atoms with van der Waals surface area (Å²) in [5.41, 5.74) is 2.85. The van der Waals surface area contributed by atoms with E-state index >= 15 is 0 Å². The number of rotatable bonds is 4. The molecule has 1 aromatic heterocycles. The SMILES string of the molecule is CCOc1c(C)cccc1C(=O)N1CCc2nc(N3C4CCC3CNC4)sc2C1. The Kier molecular flexibility index (Phi) is 4.95. The van der Waals surface area contributed by atoms with E-state index in [2.05, 4.69) is 10.2 Å². The van der Waals surface area contributed by atoms with Gasteiger partial charge in [-0.05, 0) is 38.3 Å². The van der Waals surface area contributed by atoms with E-state index in [1.54, 1.807) is 11.3 Å². The number of piperazine rings is 1. The molecule has 3 aliphatic rings. The monoisotopic (exact) mass is 412 g/mol. The van der Waals surface area contributed by atoms with Crippen LogP contribution in [0, 0.1) is 6.92 Å². The fourth-order valence-electron chi connectivity index (χ4n) is 4.88. The largest absolute Gasteiger partial charge is 0.493 e. The Morgan fingerprint density at radius 2 is 2.10 bits per heavy atom. The molecule has 0 radical (unpaired) electrons. The highest BCUT2D eigenvalue weighted by Crippen LogP contribution is 2.38. The fourth-order valence-corrected chi connectivity index (χ4v) is 6.15. The van der Waals surface area contributed by atoms with E-state index in [1.165, 1.54) is 23.4 Å². The van der Waals surface area contributed by atoms with Gasteiger partial charge >= 0.3 is 0 Å². The zero-order chi connectivity index (χ0) is 20.0. The van der Waals surface area contributed by atoms with Gasteiger partial charge in [0, 0.05) is 43.0 Å². The first-order valence-electron chi connectivity index (χ1n) is 10.6. The van der Waals surface area contributed by atoms with E-state index in [4.69, 9.17) is 9.72 Å². The van der Waals surface area contributed by atoms with Crippen molar-refractivity contribution in [2.24, 2.45) is 0 Å². The van der Waals surface area contributed by atoms with Crippen LogP contribution in [0.3, 0.4) is 0 Å². The summed E-state index contributed by atoms with van der Waals surface area (Å²) in [7, 11) is 0. The lowest BCUT2D eigenvalue weighted by atomic mass is 10.1. The summed E-state index contributed by atoms with van der Waals surface area (Å²) in [4.78, 5) is 24.0. The molecule has 1 N–H and O–H groups in total. The van der Waals surface area contributed by atoms with E-state index in [9.17, 15) is 4.79 Å². The van der Waals surface area contributed by atoms with Crippen molar-refractivity contribution < 1.29 is 9.53 Å². The lowest BCUT2D eigenvalue weighted by Gasteiger charge is -2.35. The number of aryl methyl sites for hydroxylation is 1. The van der Waals surface area contributed by atoms with Crippen molar-refractivity contribution in [3.63, 3.8) is 0 Å². The van der Waals surface area contributed by atoms with Crippen LogP contribution in [0.15, 0.2) is 18.2 Å². The lowest BCUT2D eigenvalue weighted by molar-refractivity contribution is 0.0732. The first kappa shape index (κ1) is 18.9. The number of hydrogen-bond acceptors (Lipinski definition) is 6. The van der Waals surface area contributed by atoms with E-state index in [-0.39, 0.29) is 5.91 Å². The highest BCUT2D eigenvalue weighted by Gasteiger charge is 2.39. The van der Waals surface area contributed by atoms with Crippen LogP contribution in [0.5, 0.6) is 5.75 Å². The van der Waals surface area contributed by atoms with Crippen LogP contribution in [0.25, 0.3) is 0 Å². The van der Waals surface area contributed by atoms with Crippen molar-refractivity contribution in [3.05, 3.63) is 39.9 Å². The van der Waals surface area contributed by atoms with Gasteiger partial charge in [-0.25, -0.2) is 4.98 Å². The molecule has 5 rings (SSSR count). The maximum atomic E-state index is 13.3. The standard InChI is InChI=1S/C22H28N4O2S/c1-3-28-20-14(2)5-4-6-17(20)21(27)25-10-9-18-19(13-25)29-22(24-18)26-15-7-8-16(26)12-23-11-15/h4-6,15-16,23H,3,7-13H2,1-2H3. The number of para-hydroxylation sites is 1.